The molecular weight excluding hydrogens is 232 g/mol. The minimum atomic E-state index is -0.132. The molecule has 0 bridgehead atoms. The number of anilines is 1. The van der Waals surface area contributed by atoms with Crippen molar-refractivity contribution in [2.75, 3.05) is 11.9 Å². The van der Waals surface area contributed by atoms with Gasteiger partial charge in [0.05, 0.1) is 24.5 Å². The molecule has 1 amide bonds. The molecule has 1 aromatic heterocycles. The van der Waals surface area contributed by atoms with E-state index in [0.29, 0.717) is 12.1 Å². The molecule has 100 valence electrons. The van der Waals surface area contributed by atoms with Gasteiger partial charge in [-0.25, -0.2) is 0 Å². The van der Waals surface area contributed by atoms with Crippen molar-refractivity contribution in [3.8, 4) is 0 Å². The molecule has 6 heteroatoms. The second kappa shape index (κ2) is 5.97. The van der Waals surface area contributed by atoms with Crippen LogP contribution in [0.4, 0.5) is 5.69 Å². The Morgan fingerprint density at radius 2 is 2.61 bits per heavy atom. The van der Waals surface area contributed by atoms with Crippen LogP contribution >= 0.6 is 0 Å². The van der Waals surface area contributed by atoms with E-state index in [-0.39, 0.29) is 18.1 Å². The third-order valence-corrected chi connectivity index (χ3v) is 2.84. The highest BCUT2D eigenvalue weighted by Gasteiger charge is 2.16. The van der Waals surface area contributed by atoms with E-state index in [1.165, 1.54) is 0 Å². The second-order valence-electron chi connectivity index (χ2n) is 4.82. The van der Waals surface area contributed by atoms with Crippen LogP contribution in [-0.4, -0.2) is 34.4 Å². The summed E-state index contributed by atoms with van der Waals surface area (Å²) in [7, 11) is 0. The smallest absolute Gasteiger partial charge is 0.226 e. The summed E-state index contributed by atoms with van der Waals surface area (Å²) in [4.78, 5) is 11.5. The number of nitrogens with zero attached hydrogens (tertiary/aromatic N) is 2. The van der Waals surface area contributed by atoms with Crippen molar-refractivity contribution in [2.24, 2.45) is 5.73 Å². The Kier molecular flexibility index (Phi) is 4.33. The van der Waals surface area contributed by atoms with Crippen LogP contribution in [0, 0.1) is 0 Å². The van der Waals surface area contributed by atoms with Crippen molar-refractivity contribution in [2.45, 2.75) is 44.9 Å². The van der Waals surface area contributed by atoms with Crippen LogP contribution in [0.1, 0.15) is 26.2 Å². The van der Waals surface area contributed by atoms with E-state index in [0.717, 1.165) is 26.0 Å². The molecule has 6 nitrogen and oxygen atoms in total. The summed E-state index contributed by atoms with van der Waals surface area (Å²) in [5.41, 5.74) is 6.27. The normalized spacial score (nSPS) is 20.9. The summed E-state index contributed by atoms with van der Waals surface area (Å²) in [6.07, 6.45) is 6.22. The predicted octanol–water partition coefficient (Wildman–Crippen LogP) is 0.738. The van der Waals surface area contributed by atoms with E-state index in [2.05, 4.69) is 10.4 Å². The molecule has 1 aliphatic heterocycles. The number of nitrogens with two attached hydrogens (primary N) is 1. The molecule has 0 radical (unpaired) electrons. The van der Waals surface area contributed by atoms with Crippen LogP contribution in [0.3, 0.4) is 0 Å². The maximum absolute atomic E-state index is 11.5. The number of carbonyl (C=O) groups excluding carboxylic acids is 1. The largest absolute Gasteiger partial charge is 0.376 e. The fourth-order valence-corrected chi connectivity index (χ4v) is 2.03. The van der Waals surface area contributed by atoms with Gasteiger partial charge in [-0.15, -0.1) is 0 Å². The van der Waals surface area contributed by atoms with Crippen LogP contribution in [0.15, 0.2) is 12.4 Å². The molecule has 2 heterocycles. The summed E-state index contributed by atoms with van der Waals surface area (Å²) in [6.45, 7) is 3.38. The van der Waals surface area contributed by atoms with E-state index in [1.807, 2.05) is 6.20 Å². The molecular formula is C12H20N4O2. The number of rotatable bonds is 5. The second-order valence-corrected chi connectivity index (χ2v) is 4.82. The standard InChI is InChI=1S/C12H20N4O2/c1-9(13)5-12(17)15-10-6-14-16(7-10)8-11-3-2-4-18-11/h6-7,9,11H,2-5,8,13H2,1H3,(H,15,17). The minimum Gasteiger partial charge on any atom is -0.376 e. The summed E-state index contributed by atoms with van der Waals surface area (Å²) in [6, 6.07) is -0.132. The van der Waals surface area contributed by atoms with Crippen LogP contribution in [0.25, 0.3) is 0 Å². The molecule has 1 aliphatic rings. The Morgan fingerprint density at radius 1 is 1.78 bits per heavy atom. The number of aromatic nitrogens is 2. The molecule has 2 unspecified atom stereocenters. The summed E-state index contributed by atoms with van der Waals surface area (Å²) in [5, 5.41) is 6.98. The quantitative estimate of drug-likeness (QED) is 0.809. The topological polar surface area (TPSA) is 82.2 Å². The lowest BCUT2D eigenvalue weighted by atomic mass is 10.2. The van der Waals surface area contributed by atoms with Crippen LogP contribution in [0.5, 0.6) is 0 Å². The van der Waals surface area contributed by atoms with Gasteiger partial charge in [-0.1, -0.05) is 0 Å². The van der Waals surface area contributed by atoms with Crippen molar-refractivity contribution in [3.63, 3.8) is 0 Å². The van der Waals surface area contributed by atoms with Gasteiger partial charge in [0.25, 0.3) is 0 Å². The molecule has 18 heavy (non-hydrogen) atoms. The number of amides is 1. The molecule has 1 saturated heterocycles. The Morgan fingerprint density at radius 3 is 3.28 bits per heavy atom. The zero-order valence-electron chi connectivity index (χ0n) is 10.6. The van der Waals surface area contributed by atoms with Crippen molar-refractivity contribution in [1.29, 1.82) is 0 Å². The Hall–Kier alpha value is -1.40. The highest BCUT2D eigenvalue weighted by atomic mass is 16.5. The van der Waals surface area contributed by atoms with Crippen LogP contribution in [-0.2, 0) is 16.1 Å². The van der Waals surface area contributed by atoms with Crippen molar-refractivity contribution < 1.29 is 9.53 Å². The molecule has 0 aromatic carbocycles. The number of ether oxygens (including phenoxy) is 1. The highest BCUT2D eigenvalue weighted by molar-refractivity contribution is 5.90. The maximum Gasteiger partial charge on any atom is 0.226 e. The van der Waals surface area contributed by atoms with Gasteiger partial charge >= 0.3 is 0 Å². The van der Waals surface area contributed by atoms with Crippen molar-refractivity contribution in [1.82, 2.24) is 9.78 Å². The zero-order chi connectivity index (χ0) is 13.0. The van der Waals surface area contributed by atoms with Crippen LogP contribution < -0.4 is 11.1 Å². The zero-order valence-corrected chi connectivity index (χ0v) is 10.6. The lowest BCUT2D eigenvalue weighted by Gasteiger charge is -2.08. The maximum atomic E-state index is 11.5. The van der Waals surface area contributed by atoms with Gasteiger partial charge in [0.15, 0.2) is 0 Å². The lowest BCUT2D eigenvalue weighted by molar-refractivity contribution is -0.116. The van der Waals surface area contributed by atoms with Gasteiger partial charge in [-0.2, -0.15) is 5.10 Å². The highest BCUT2D eigenvalue weighted by Crippen LogP contribution is 2.15. The van der Waals surface area contributed by atoms with Gasteiger partial charge in [-0.05, 0) is 19.8 Å². The SMILES string of the molecule is CC(N)CC(=O)Nc1cnn(CC2CCCO2)c1. The van der Waals surface area contributed by atoms with Gasteiger partial charge in [0.2, 0.25) is 5.91 Å². The average Bonchev–Trinajstić information content (AvgIpc) is 2.89. The summed E-state index contributed by atoms with van der Waals surface area (Å²) < 4.78 is 7.34. The van der Waals surface area contributed by atoms with Crippen molar-refractivity contribution in [3.05, 3.63) is 12.4 Å². The third kappa shape index (κ3) is 3.82. The monoisotopic (exact) mass is 252 g/mol. The Labute approximate surface area is 106 Å². The van der Waals surface area contributed by atoms with Gasteiger partial charge in [0, 0.05) is 25.3 Å². The third-order valence-electron chi connectivity index (χ3n) is 2.84. The molecule has 0 saturated carbocycles. The van der Waals surface area contributed by atoms with E-state index in [9.17, 15) is 4.79 Å². The predicted molar refractivity (Wildman–Crippen MR) is 68.1 cm³/mol. The molecule has 2 rings (SSSR count). The van der Waals surface area contributed by atoms with E-state index in [4.69, 9.17) is 10.5 Å². The molecule has 0 aliphatic carbocycles. The molecule has 1 fully saturated rings. The van der Waals surface area contributed by atoms with Gasteiger partial charge < -0.3 is 15.8 Å². The Bertz CT molecular complexity index is 397. The van der Waals surface area contributed by atoms with E-state index < -0.39 is 0 Å². The van der Waals surface area contributed by atoms with Crippen LogP contribution in [0.2, 0.25) is 0 Å². The average molecular weight is 252 g/mol. The molecule has 0 spiro atoms. The fraction of sp³-hybridized carbons (Fsp3) is 0.667. The first-order valence-corrected chi connectivity index (χ1v) is 6.33. The number of hydrogen-bond acceptors (Lipinski definition) is 4. The first kappa shape index (κ1) is 13.0. The molecule has 2 atom stereocenters. The first-order valence-electron chi connectivity index (χ1n) is 6.33. The Balaban J connectivity index is 1.83. The van der Waals surface area contributed by atoms with Gasteiger partial charge in [-0.3, -0.25) is 9.48 Å². The minimum absolute atomic E-state index is 0.0818. The number of carbonyl (C=O) groups is 1. The summed E-state index contributed by atoms with van der Waals surface area (Å²) in [5.74, 6) is -0.0818. The number of hydrogen-bond donors (Lipinski definition) is 2. The van der Waals surface area contributed by atoms with E-state index in [1.54, 1.807) is 17.8 Å². The summed E-state index contributed by atoms with van der Waals surface area (Å²) >= 11 is 0. The van der Waals surface area contributed by atoms with E-state index >= 15 is 0 Å². The fourth-order valence-electron chi connectivity index (χ4n) is 2.03. The molecule has 1 aromatic rings. The first-order chi connectivity index (χ1) is 8.63. The lowest BCUT2D eigenvalue weighted by Crippen LogP contribution is -2.23. The number of nitrogens with one attached hydrogen (secondary N) is 1. The molecule has 3 N–H and O–H groups in total. The van der Waals surface area contributed by atoms with Gasteiger partial charge in [0.1, 0.15) is 0 Å². The van der Waals surface area contributed by atoms with Crippen molar-refractivity contribution >= 4 is 11.6 Å².